The fourth-order valence-corrected chi connectivity index (χ4v) is 3.46. The van der Waals surface area contributed by atoms with Gasteiger partial charge in [-0.15, -0.1) is 0 Å². The maximum Gasteiger partial charge on any atom is 0.262 e. The van der Waals surface area contributed by atoms with Gasteiger partial charge in [0.25, 0.3) is 5.91 Å². The molecule has 2 aromatic heterocycles. The molecule has 1 aliphatic rings. The second-order valence-electron chi connectivity index (χ2n) is 6.69. The van der Waals surface area contributed by atoms with Gasteiger partial charge in [0.15, 0.2) is 11.9 Å². The maximum absolute atomic E-state index is 13.2. The molecular formula is C21H19ClN4O3. The molecule has 0 aliphatic carbocycles. The highest BCUT2D eigenvalue weighted by Gasteiger charge is 2.41. The predicted molar refractivity (Wildman–Crippen MR) is 109 cm³/mol. The van der Waals surface area contributed by atoms with Crippen molar-refractivity contribution in [1.29, 1.82) is 0 Å². The van der Waals surface area contributed by atoms with E-state index in [4.69, 9.17) is 16.4 Å². The van der Waals surface area contributed by atoms with Gasteiger partial charge in [0.05, 0.1) is 0 Å². The van der Waals surface area contributed by atoms with Gasteiger partial charge in [0.2, 0.25) is 5.91 Å². The molecule has 1 aliphatic heterocycles. The number of carbonyl (C=O) groups is 2. The summed E-state index contributed by atoms with van der Waals surface area (Å²) in [4.78, 5) is 41.4. The summed E-state index contributed by atoms with van der Waals surface area (Å²) in [5.41, 5.74) is 1.62. The predicted octanol–water partition coefficient (Wildman–Crippen LogP) is 4.13. The van der Waals surface area contributed by atoms with Crippen molar-refractivity contribution in [3.8, 4) is 0 Å². The molecular weight excluding hydrogens is 392 g/mol. The Bertz CT molecular complexity index is 1100. The molecule has 1 aromatic carbocycles. The molecule has 0 fully saturated rings. The van der Waals surface area contributed by atoms with Gasteiger partial charge in [0, 0.05) is 30.0 Å². The number of hydroxylamine groups is 2. The van der Waals surface area contributed by atoms with Crippen LogP contribution in [0.2, 0.25) is 5.15 Å². The topological polar surface area (TPSA) is 75.6 Å². The SMILES string of the molecule is CCCN(OC1c2ccccc2C(=O)N1c1ccc2ccc(Cl)nc2n1)C(C)=O. The molecule has 1 unspecified atom stereocenters. The van der Waals surface area contributed by atoms with E-state index < -0.39 is 6.23 Å². The number of aromatic nitrogens is 2. The number of amides is 2. The lowest BCUT2D eigenvalue weighted by molar-refractivity contribution is -0.204. The molecule has 1 atom stereocenters. The fraction of sp³-hybridized carbons (Fsp3) is 0.238. The van der Waals surface area contributed by atoms with E-state index in [9.17, 15) is 9.59 Å². The standard InChI is InChI=1S/C21H19ClN4O3/c1-3-12-25(13(2)27)29-21-16-7-5-4-6-15(16)20(28)26(21)18-11-9-14-8-10-17(22)23-19(14)24-18/h4-11,21H,3,12H2,1-2H3. The molecule has 8 heteroatoms. The normalized spacial score (nSPS) is 15.6. The van der Waals surface area contributed by atoms with Crippen LogP contribution in [0.25, 0.3) is 11.0 Å². The molecule has 4 rings (SSSR count). The van der Waals surface area contributed by atoms with Crippen molar-refractivity contribution < 1.29 is 14.4 Å². The summed E-state index contributed by atoms with van der Waals surface area (Å²) < 4.78 is 0. The number of rotatable bonds is 5. The molecule has 7 nitrogen and oxygen atoms in total. The monoisotopic (exact) mass is 410 g/mol. The van der Waals surface area contributed by atoms with Crippen LogP contribution in [0.5, 0.6) is 0 Å². The van der Waals surface area contributed by atoms with E-state index in [0.717, 1.165) is 11.8 Å². The van der Waals surface area contributed by atoms with Gasteiger partial charge in [-0.2, -0.15) is 0 Å². The number of carbonyl (C=O) groups excluding carboxylic acids is 2. The first-order valence-corrected chi connectivity index (χ1v) is 9.68. The lowest BCUT2D eigenvalue weighted by Crippen LogP contribution is -2.38. The molecule has 0 radical (unpaired) electrons. The molecule has 0 spiro atoms. The third kappa shape index (κ3) is 3.54. The fourth-order valence-electron chi connectivity index (χ4n) is 3.32. The quantitative estimate of drug-likeness (QED) is 0.467. The molecule has 0 bridgehead atoms. The van der Waals surface area contributed by atoms with Crippen molar-refractivity contribution in [1.82, 2.24) is 15.0 Å². The van der Waals surface area contributed by atoms with Gasteiger partial charge in [-0.25, -0.2) is 19.9 Å². The lowest BCUT2D eigenvalue weighted by atomic mass is 10.1. The maximum atomic E-state index is 13.2. The Hall–Kier alpha value is -3.03. The molecule has 0 saturated heterocycles. The van der Waals surface area contributed by atoms with E-state index in [0.29, 0.717) is 34.3 Å². The second-order valence-corrected chi connectivity index (χ2v) is 7.08. The Morgan fingerprint density at radius 1 is 1.17 bits per heavy atom. The third-order valence-electron chi connectivity index (χ3n) is 4.67. The van der Waals surface area contributed by atoms with Crippen LogP contribution >= 0.6 is 11.6 Å². The minimum absolute atomic E-state index is 0.233. The minimum atomic E-state index is -0.807. The van der Waals surface area contributed by atoms with Crippen LogP contribution in [-0.2, 0) is 9.63 Å². The van der Waals surface area contributed by atoms with Crippen molar-refractivity contribution in [2.24, 2.45) is 0 Å². The largest absolute Gasteiger partial charge is 0.273 e. The van der Waals surface area contributed by atoms with E-state index in [2.05, 4.69) is 9.97 Å². The highest BCUT2D eigenvalue weighted by Crippen LogP contribution is 2.38. The zero-order chi connectivity index (χ0) is 20.5. The molecule has 0 saturated carbocycles. The van der Waals surface area contributed by atoms with E-state index >= 15 is 0 Å². The number of hydrogen-bond acceptors (Lipinski definition) is 5. The van der Waals surface area contributed by atoms with Gasteiger partial charge in [-0.05, 0) is 36.8 Å². The van der Waals surface area contributed by atoms with Crippen LogP contribution in [0, 0.1) is 0 Å². The summed E-state index contributed by atoms with van der Waals surface area (Å²) in [6.45, 7) is 3.80. The number of benzene rings is 1. The average Bonchev–Trinajstić information content (AvgIpc) is 2.99. The Kier molecular flexibility index (Phi) is 5.17. The van der Waals surface area contributed by atoms with E-state index in [-0.39, 0.29) is 11.8 Å². The summed E-state index contributed by atoms with van der Waals surface area (Å²) in [7, 11) is 0. The van der Waals surface area contributed by atoms with Crippen molar-refractivity contribution in [2.75, 3.05) is 11.4 Å². The van der Waals surface area contributed by atoms with Crippen molar-refractivity contribution in [3.05, 3.63) is 64.8 Å². The molecule has 3 aromatic rings. The van der Waals surface area contributed by atoms with E-state index in [1.165, 1.54) is 16.9 Å². The van der Waals surface area contributed by atoms with Gasteiger partial charge in [-0.3, -0.25) is 14.5 Å². The smallest absolute Gasteiger partial charge is 0.262 e. The number of halogens is 1. The van der Waals surface area contributed by atoms with Crippen LogP contribution in [0.15, 0.2) is 48.5 Å². The van der Waals surface area contributed by atoms with Gasteiger partial charge in [0.1, 0.15) is 11.0 Å². The van der Waals surface area contributed by atoms with Crippen LogP contribution in [0.1, 0.15) is 42.4 Å². The van der Waals surface area contributed by atoms with Crippen molar-refractivity contribution >= 4 is 40.3 Å². The summed E-state index contributed by atoms with van der Waals surface area (Å²) in [5, 5.41) is 2.40. The number of hydrogen-bond donors (Lipinski definition) is 0. The number of anilines is 1. The van der Waals surface area contributed by atoms with Gasteiger partial charge >= 0.3 is 0 Å². The lowest BCUT2D eigenvalue weighted by Gasteiger charge is -2.29. The first-order valence-electron chi connectivity index (χ1n) is 9.30. The van der Waals surface area contributed by atoms with Crippen LogP contribution in [0.4, 0.5) is 5.82 Å². The van der Waals surface area contributed by atoms with E-state index in [1.54, 1.807) is 24.3 Å². The second kappa shape index (κ2) is 7.77. The highest BCUT2D eigenvalue weighted by atomic mass is 35.5. The molecule has 148 valence electrons. The molecule has 2 amide bonds. The van der Waals surface area contributed by atoms with Crippen molar-refractivity contribution in [3.63, 3.8) is 0 Å². The Morgan fingerprint density at radius 3 is 2.69 bits per heavy atom. The third-order valence-corrected chi connectivity index (χ3v) is 4.88. The van der Waals surface area contributed by atoms with E-state index in [1.807, 2.05) is 31.2 Å². The Morgan fingerprint density at radius 2 is 1.93 bits per heavy atom. The van der Waals surface area contributed by atoms with Gasteiger partial charge in [-0.1, -0.05) is 36.7 Å². The molecule has 29 heavy (non-hydrogen) atoms. The minimum Gasteiger partial charge on any atom is -0.273 e. The number of pyridine rings is 2. The Labute approximate surface area is 172 Å². The Balaban J connectivity index is 1.79. The van der Waals surface area contributed by atoms with Crippen LogP contribution in [0.3, 0.4) is 0 Å². The number of nitrogens with zero attached hydrogens (tertiary/aromatic N) is 4. The first-order chi connectivity index (χ1) is 14.0. The summed E-state index contributed by atoms with van der Waals surface area (Å²) >= 11 is 6.00. The highest BCUT2D eigenvalue weighted by molar-refractivity contribution is 6.29. The van der Waals surface area contributed by atoms with Crippen LogP contribution in [-0.4, -0.2) is 33.4 Å². The zero-order valence-electron chi connectivity index (χ0n) is 16.0. The van der Waals surface area contributed by atoms with Crippen molar-refractivity contribution in [2.45, 2.75) is 26.5 Å². The first kappa shape index (κ1) is 19.3. The molecule has 0 N–H and O–H groups in total. The average molecular weight is 411 g/mol. The summed E-state index contributed by atoms with van der Waals surface area (Å²) in [5.74, 6) is -0.110. The molecule has 3 heterocycles. The van der Waals surface area contributed by atoms with Gasteiger partial charge < -0.3 is 0 Å². The van der Waals surface area contributed by atoms with Crippen LogP contribution < -0.4 is 4.90 Å². The summed E-state index contributed by atoms with van der Waals surface area (Å²) in [6.07, 6.45) is -0.0864. The number of fused-ring (bicyclic) bond motifs is 2. The zero-order valence-corrected chi connectivity index (χ0v) is 16.8. The summed E-state index contributed by atoms with van der Waals surface area (Å²) in [6, 6.07) is 14.2.